The normalized spacial score (nSPS) is 12.6. The molecule has 0 fully saturated rings. The Kier molecular flexibility index (Phi) is 9.07. The lowest BCUT2D eigenvalue weighted by Gasteiger charge is -2.18. The second kappa shape index (κ2) is 9.37. The number of rotatable bonds is 9. The lowest BCUT2D eigenvalue weighted by Crippen LogP contribution is -2.30. The van der Waals surface area contributed by atoms with Crippen LogP contribution in [0.4, 0.5) is 0 Å². The molecule has 0 aromatic heterocycles. The van der Waals surface area contributed by atoms with Crippen molar-refractivity contribution in [3.63, 3.8) is 0 Å². The van der Waals surface area contributed by atoms with Crippen LogP contribution in [0.5, 0.6) is 0 Å². The van der Waals surface area contributed by atoms with Gasteiger partial charge in [-0.2, -0.15) is 0 Å². The van der Waals surface area contributed by atoms with Gasteiger partial charge in [0.05, 0.1) is 0 Å². The van der Waals surface area contributed by atoms with Crippen molar-refractivity contribution in [2.24, 2.45) is 0 Å². The van der Waals surface area contributed by atoms with Gasteiger partial charge in [-0.05, 0) is 45.3 Å². The van der Waals surface area contributed by atoms with Crippen LogP contribution in [-0.4, -0.2) is 14.3 Å². The number of allylic oxidation sites excluding steroid dienone is 1. The monoisotopic (exact) mass is 270 g/mol. The fraction of sp³-hybridized carbons (Fsp3) is 0.800. The Hall–Kier alpha value is -0.573. The van der Waals surface area contributed by atoms with Gasteiger partial charge in [-0.3, -0.25) is 0 Å². The summed E-state index contributed by atoms with van der Waals surface area (Å²) in [7, 11) is -1.77. The molecule has 0 bridgehead atoms. The second-order valence-electron chi connectivity index (χ2n) is 5.83. The summed E-state index contributed by atoms with van der Waals surface area (Å²) in [5, 5.41) is 0. The highest BCUT2D eigenvalue weighted by atomic mass is 28.4. The molecule has 18 heavy (non-hydrogen) atoms. The van der Waals surface area contributed by atoms with Crippen LogP contribution in [0, 0.1) is 0 Å². The maximum atomic E-state index is 12.1. The molecule has 0 saturated carbocycles. The van der Waals surface area contributed by atoms with E-state index in [2.05, 4.69) is 39.6 Å². The number of unbranched alkanes of at least 4 members (excludes halogenated alkanes) is 4. The molecule has 0 aliphatic rings. The van der Waals surface area contributed by atoms with Crippen molar-refractivity contribution in [3.05, 3.63) is 11.6 Å². The first-order valence-corrected chi connectivity index (χ1v) is 10.7. The first-order chi connectivity index (χ1) is 8.40. The standard InChI is InChI=1S/C15H30O2Si/c1-6-8-10-11-13-14(12-9-7-2)15(16)17-18(3,4)5/h13H,6-12H2,1-5H3/b14-13+. The first kappa shape index (κ1) is 17.4. The summed E-state index contributed by atoms with van der Waals surface area (Å²) in [6, 6.07) is 0. The van der Waals surface area contributed by atoms with Crippen molar-refractivity contribution >= 4 is 14.3 Å². The van der Waals surface area contributed by atoms with Gasteiger partial charge in [-0.25, -0.2) is 4.79 Å². The van der Waals surface area contributed by atoms with Gasteiger partial charge >= 0.3 is 5.97 Å². The molecule has 0 N–H and O–H groups in total. The van der Waals surface area contributed by atoms with E-state index in [1.54, 1.807) is 0 Å². The van der Waals surface area contributed by atoms with Crippen molar-refractivity contribution in [3.8, 4) is 0 Å². The molecule has 0 aromatic rings. The number of hydrogen-bond donors (Lipinski definition) is 0. The summed E-state index contributed by atoms with van der Waals surface area (Å²) in [5.41, 5.74) is 0.898. The van der Waals surface area contributed by atoms with Crippen LogP contribution in [0.1, 0.15) is 58.8 Å². The van der Waals surface area contributed by atoms with Gasteiger partial charge in [0.2, 0.25) is 8.32 Å². The molecule has 0 aliphatic carbocycles. The molecule has 0 rings (SSSR count). The predicted molar refractivity (Wildman–Crippen MR) is 81.2 cm³/mol. The average molecular weight is 270 g/mol. The zero-order chi connectivity index (χ0) is 14.0. The Morgan fingerprint density at radius 3 is 2.17 bits per heavy atom. The van der Waals surface area contributed by atoms with Crippen molar-refractivity contribution in [2.75, 3.05) is 0 Å². The van der Waals surface area contributed by atoms with Gasteiger partial charge in [-0.1, -0.05) is 39.2 Å². The van der Waals surface area contributed by atoms with Crippen LogP contribution in [0.25, 0.3) is 0 Å². The van der Waals surface area contributed by atoms with E-state index in [0.29, 0.717) is 0 Å². The van der Waals surface area contributed by atoms with E-state index < -0.39 is 8.32 Å². The lowest BCUT2D eigenvalue weighted by atomic mass is 10.1. The maximum absolute atomic E-state index is 12.1. The molecule has 0 unspecified atom stereocenters. The van der Waals surface area contributed by atoms with Crippen molar-refractivity contribution < 1.29 is 9.22 Å². The molecule has 0 saturated heterocycles. The van der Waals surface area contributed by atoms with Crippen molar-refractivity contribution in [1.29, 1.82) is 0 Å². The van der Waals surface area contributed by atoms with Gasteiger partial charge < -0.3 is 4.43 Å². The summed E-state index contributed by atoms with van der Waals surface area (Å²) in [6.07, 6.45) is 9.80. The molecule has 0 aromatic carbocycles. The van der Waals surface area contributed by atoms with Crippen LogP contribution in [-0.2, 0) is 9.22 Å². The van der Waals surface area contributed by atoms with Gasteiger partial charge in [0, 0.05) is 5.57 Å². The first-order valence-electron chi connectivity index (χ1n) is 7.33. The Morgan fingerprint density at radius 2 is 1.67 bits per heavy atom. The molecule has 0 atom stereocenters. The second-order valence-corrected chi connectivity index (χ2v) is 10.3. The quantitative estimate of drug-likeness (QED) is 0.332. The Labute approximate surface area is 114 Å². The van der Waals surface area contributed by atoms with Crippen LogP contribution >= 0.6 is 0 Å². The summed E-state index contributed by atoms with van der Waals surface area (Å²) >= 11 is 0. The third-order valence-electron chi connectivity index (χ3n) is 2.66. The molecule has 0 amide bonds. The number of carbonyl (C=O) groups is 1. The topological polar surface area (TPSA) is 26.3 Å². The molecule has 3 heteroatoms. The van der Waals surface area contributed by atoms with E-state index in [4.69, 9.17) is 4.43 Å². The minimum atomic E-state index is -1.77. The maximum Gasteiger partial charge on any atom is 0.320 e. The van der Waals surface area contributed by atoms with Crippen LogP contribution in [0.15, 0.2) is 11.6 Å². The van der Waals surface area contributed by atoms with Crippen molar-refractivity contribution in [2.45, 2.75) is 78.4 Å². The van der Waals surface area contributed by atoms with Gasteiger partial charge in [0.1, 0.15) is 0 Å². The summed E-state index contributed by atoms with van der Waals surface area (Å²) in [4.78, 5) is 12.1. The largest absolute Gasteiger partial charge is 0.517 e. The molecule has 0 spiro atoms. The molecular formula is C15H30O2Si. The third-order valence-corrected chi connectivity index (χ3v) is 3.46. The molecule has 2 nitrogen and oxygen atoms in total. The van der Waals surface area contributed by atoms with Crippen LogP contribution < -0.4 is 0 Å². The molecule has 0 heterocycles. The van der Waals surface area contributed by atoms with E-state index in [1.165, 1.54) is 19.3 Å². The fourth-order valence-electron chi connectivity index (χ4n) is 1.67. The highest BCUT2D eigenvalue weighted by molar-refractivity contribution is 6.71. The summed E-state index contributed by atoms with van der Waals surface area (Å²) in [6.45, 7) is 10.5. The zero-order valence-electron chi connectivity index (χ0n) is 12.8. The molecule has 0 aliphatic heterocycles. The minimum absolute atomic E-state index is 0.0703. The number of hydrogen-bond acceptors (Lipinski definition) is 2. The summed E-state index contributed by atoms with van der Waals surface area (Å²) < 4.78 is 5.59. The van der Waals surface area contributed by atoms with Gasteiger partial charge in [-0.15, -0.1) is 0 Å². The lowest BCUT2D eigenvalue weighted by molar-refractivity contribution is -0.131. The highest BCUT2D eigenvalue weighted by Crippen LogP contribution is 2.15. The van der Waals surface area contributed by atoms with E-state index >= 15 is 0 Å². The highest BCUT2D eigenvalue weighted by Gasteiger charge is 2.21. The molecule has 0 radical (unpaired) electrons. The van der Waals surface area contributed by atoms with E-state index in [1.807, 2.05) is 0 Å². The average Bonchev–Trinajstić information content (AvgIpc) is 2.25. The van der Waals surface area contributed by atoms with E-state index in [0.717, 1.165) is 31.3 Å². The number of carbonyl (C=O) groups excluding carboxylic acids is 1. The van der Waals surface area contributed by atoms with E-state index in [-0.39, 0.29) is 5.97 Å². The smallest absolute Gasteiger partial charge is 0.320 e. The predicted octanol–water partition coefficient (Wildman–Crippen LogP) is 5.06. The minimum Gasteiger partial charge on any atom is -0.517 e. The zero-order valence-corrected chi connectivity index (χ0v) is 13.8. The molecular weight excluding hydrogens is 240 g/mol. The van der Waals surface area contributed by atoms with Gasteiger partial charge in [0.15, 0.2) is 0 Å². The third kappa shape index (κ3) is 9.46. The van der Waals surface area contributed by atoms with Crippen LogP contribution in [0.2, 0.25) is 19.6 Å². The van der Waals surface area contributed by atoms with Crippen LogP contribution in [0.3, 0.4) is 0 Å². The molecule has 106 valence electrons. The van der Waals surface area contributed by atoms with Crippen molar-refractivity contribution in [1.82, 2.24) is 0 Å². The SMILES string of the molecule is CCCCC/C=C(\CCCC)C(=O)O[Si](C)(C)C. The fourth-order valence-corrected chi connectivity index (χ4v) is 2.36. The van der Waals surface area contributed by atoms with E-state index in [9.17, 15) is 4.79 Å². The van der Waals surface area contributed by atoms with Gasteiger partial charge in [0.25, 0.3) is 0 Å². The Balaban J connectivity index is 4.41. The Bertz CT molecular complexity index is 264. The summed E-state index contributed by atoms with van der Waals surface area (Å²) in [5.74, 6) is -0.0703. The Morgan fingerprint density at radius 1 is 1.06 bits per heavy atom.